The van der Waals surface area contributed by atoms with Crippen molar-refractivity contribution in [3.05, 3.63) is 71.3 Å². The van der Waals surface area contributed by atoms with Crippen LogP contribution in [0.25, 0.3) is 0 Å². The van der Waals surface area contributed by atoms with Crippen molar-refractivity contribution in [1.82, 2.24) is 5.32 Å². The minimum absolute atomic E-state index is 0.0254. The van der Waals surface area contributed by atoms with Crippen LogP contribution in [0, 0.1) is 0 Å². The van der Waals surface area contributed by atoms with Gasteiger partial charge < -0.3 is 15.2 Å². The second-order valence-corrected chi connectivity index (χ2v) is 5.80. The van der Waals surface area contributed by atoms with Crippen LogP contribution < -0.4 is 5.32 Å². The number of hydrogen-bond acceptors (Lipinski definition) is 3. The first-order valence-corrected chi connectivity index (χ1v) is 7.91. The van der Waals surface area contributed by atoms with E-state index in [1.54, 1.807) is 0 Å². The van der Waals surface area contributed by atoms with Gasteiger partial charge in [0.1, 0.15) is 0 Å². The number of rotatable bonds is 5. The summed E-state index contributed by atoms with van der Waals surface area (Å²) in [6, 6.07) is 17.2. The molecule has 0 spiro atoms. The van der Waals surface area contributed by atoms with Crippen LogP contribution in [0.1, 0.15) is 29.5 Å². The van der Waals surface area contributed by atoms with Gasteiger partial charge in [-0.05, 0) is 29.5 Å². The highest BCUT2D eigenvalue weighted by molar-refractivity contribution is 5.86. The maximum atomic E-state index is 12.8. The molecule has 1 amide bonds. The average molecular weight is 311 g/mol. The minimum atomic E-state index is -0.869. The lowest BCUT2D eigenvalue weighted by atomic mass is 9.90. The Hall–Kier alpha value is -2.17. The van der Waals surface area contributed by atoms with Gasteiger partial charge in [-0.3, -0.25) is 4.79 Å². The number of hydrogen-bond donors (Lipinski definition) is 2. The predicted molar refractivity (Wildman–Crippen MR) is 87.5 cm³/mol. The first kappa shape index (κ1) is 15.7. The van der Waals surface area contributed by atoms with Gasteiger partial charge in [0, 0.05) is 13.2 Å². The normalized spacial score (nSPS) is 20.4. The van der Waals surface area contributed by atoms with Crippen molar-refractivity contribution in [2.75, 3.05) is 6.61 Å². The molecule has 0 radical (unpaired) electrons. The molecule has 4 heteroatoms. The van der Waals surface area contributed by atoms with Gasteiger partial charge in [-0.1, -0.05) is 54.6 Å². The Kier molecular flexibility index (Phi) is 4.74. The fraction of sp³-hybridized carbons (Fsp3) is 0.316. The molecule has 1 aliphatic rings. The standard InChI is InChI=1S/C19H21NO3/c21-14-16-9-7-15(8-10-16)13-20-18(22)19(11-4-12-23-19)17-5-2-1-3-6-17/h1-3,5-10,21H,4,11-14H2,(H,20,22)/t19-/m1/s1. The fourth-order valence-electron chi connectivity index (χ4n) is 2.97. The lowest BCUT2D eigenvalue weighted by Crippen LogP contribution is -2.43. The summed E-state index contributed by atoms with van der Waals surface area (Å²) in [6.07, 6.45) is 1.58. The van der Waals surface area contributed by atoms with E-state index in [0.717, 1.165) is 23.1 Å². The van der Waals surface area contributed by atoms with Crippen molar-refractivity contribution in [3.8, 4) is 0 Å². The van der Waals surface area contributed by atoms with Crippen LogP contribution in [0.2, 0.25) is 0 Å². The van der Waals surface area contributed by atoms with Crippen LogP contribution in [-0.2, 0) is 28.3 Å². The van der Waals surface area contributed by atoms with E-state index >= 15 is 0 Å². The maximum absolute atomic E-state index is 12.8. The van der Waals surface area contributed by atoms with Crippen LogP contribution in [0.3, 0.4) is 0 Å². The third-order valence-electron chi connectivity index (χ3n) is 4.29. The number of carbonyl (C=O) groups excluding carboxylic acids is 1. The van der Waals surface area contributed by atoms with Gasteiger partial charge in [-0.15, -0.1) is 0 Å². The molecule has 4 nitrogen and oxygen atoms in total. The van der Waals surface area contributed by atoms with Gasteiger partial charge in [0.25, 0.3) is 5.91 Å². The summed E-state index contributed by atoms with van der Waals surface area (Å²) < 4.78 is 5.87. The van der Waals surface area contributed by atoms with E-state index in [1.807, 2.05) is 54.6 Å². The smallest absolute Gasteiger partial charge is 0.257 e. The summed E-state index contributed by atoms with van der Waals surface area (Å²) >= 11 is 0. The van der Waals surface area contributed by atoms with Gasteiger partial charge in [-0.25, -0.2) is 0 Å². The monoisotopic (exact) mass is 311 g/mol. The van der Waals surface area contributed by atoms with Gasteiger partial charge in [0.2, 0.25) is 0 Å². The van der Waals surface area contributed by atoms with Crippen molar-refractivity contribution in [2.24, 2.45) is 0 Å². The van der Waals surface area contributed by atoms with Gasteiger partial charge in [0.15, 0.2) is 5.60 Å². The van der Waals surface area contributed by atoms with Crippen molar-refractivity contribution in [3.63, 3.8) is 0 Å². The summed E-state index contributed by atoms with van der Waals surface area (Å²) in [6.45, 7) is 1.08. The van der Waals surface area contributed by atoms with E-state index < -0.39 is 5.60 Å². The second kappa shape index (κ2) is 6.94. The van der Waals surface area contributed by atoms with Crippen molar-refractivity contribution >= 4 is 5.91 Å². The summed E-state index contributed by atoms with van der Waals surface area (Å²) in [5.74, 6) is -0.0903. The van der Waals surface area contributed by atoms with Crippen LogP contribution in [0.15, 0.2) is 54.6 Å². The van der Waals surface area contributed by atoms with Gasteiger partial charge in [0.05, 0.1) is 6.61 Å². The fourth-order valence-corrected chi connectivity index (χ4v) is 2.97. The number of benzene rings is 2. The van der Waals surface area contributed by atoms with Crippen LogP contribution in [0.4, 0.5) is 0 Å². The van der Waals surface area contributed by atoms with Crippen LogP contribution in [-0.4, -0.2) is 17.6 Å². The summed E-state index contributed by atoms with van der Waals surface area (Å²) in [4.78, 5) is 12.8. The predicted octanol–water partition coefficient (Wildman–Crippen LogP) is 2.50. The Bertz CT molecular complexity index is 646. The quantitative estimate of drug-likeness (QED) is 0.892. The second-order valence-electron chi connectivity index (χ2n) is 5.80. The number of ether oxygens (including phenoxy) is 1. The van der Waals surface area contributed by atoms with E-state index in [-0.39, 0.29) is 12.5 Å². The van der Waals surface area contributed by atoms with E-state index in [9.17, 15) is 4.79 Å². The summed E-state index contributed by atoms with van der Waals surface area (Å²) in [5, 5.41) is 12.1. The Morgan fingerprint density at radius 2 is 1.78 bits per heavy atom. The van der Waals surface area contributed by atoms with Crippen LogP contribution in [0.5, 0.6) is 0 Å². The third-order valence-corrected chi connectivity index (χ3v) is 4.29. The summed E-state index contributed by atoms with van der Waals surface area (Å²) in [7, 11) is 0. The number of aliphatic hydroxyl groups excluding tert-OH is 1. The Morgan fingerprint density at radius 1 is 1.09 bits per heavy atom. The molecule has 1 heterocycles. The molecule has 0 aromatic heterocycles. The highest BCUT2D eigenvalue weighted by Crippen LogP contribution is 2.36. The average Bonchev–Trinajstić information content (AvgIpc) is 3.12. The molecule has 1 aliphatic heterocycles. The van der Waals surface area contributed by atoms with E-state index in [1.165, 1.54) is 0 Å². The number of amides is 1. The molecule has 2 aromatic carbocycles. The Balaban J connectivity index is 1.72. The molecule has 120 valence electrons. The largest absolute Gasteiger partial charge is 0.392 e. The molecule has 1 fully saturated rings. The molecule has 1 atom stereocenters. The number of aliphatic hydroxyl groups is 1. The molecule has 0 unspecified atom stereocenters. The molecule has 1 saturated heterocycles. The molecule has 23 heavy (non-hydrogen) atoms. The molecular formula is C19H21NO3. The van der Waals surface area contributed by atoms with Gasteiger partial charge >= 0.3 is 0 Å². The third kappa shape index (κ3) is 3.28. The summed E-state index contributed by atoms with van der Waals surface area (Å²) in [5.41, 5.74) is 1.90. The van der Waals surface area contributed by atoms with Crippen molar-refractivity contribution < 1.29 is 14.6 Å². The van der Waals surface area contributed by atoms with E-state index in [4.69, 9.17) is 9.84 Å². The number of carbonyl (C=O) groups is 1. The molecule has 0 aliphatic carbocycles. The SMILES string of the molecule is O=C(NCc1ccc(CO)cc1)[C@]1(c2ccccc2)CCCO1. The first-order valence-electron chi connectivity index (χ1n) is 7.91. The first-order chi connectivity index (χ1) is 11.2. The zero-order valence-electron chi connectivity index (χ0n) is 13.0. The maximum Gasteiger partial charge on any atom is 0.257 e. The van der Waals surface area contributed by atoms with Gasteiger partial charge in [-0.2, -0.15) is 0 Å². The van der Waals surface area contributed by atoms with Crippen molar-refractivity contribution in [1.29, 1.82) is 0 Å². The number of nitrogens with one attached hydrogen (secondary N) is 1. The Labute approximate surface area is 136 Å². The van der Waals surface area contributed by atoms with E-state index in [0.29, 0.717) is 19.6 Å². The molecule has 2 N–H and O–H groups in total. The molecule has 0 bridgehead atoms. The lowest BCUT2D eigenvalue weighted by molar-refractivity contribution is -0.142. The minimum Gasteiger partial charge on any atom is -0.392 e. The molecular weight excluding hydrogens is 290 g/mol. The zero-order chi connectivity index (χ0) is 16.1. The Morgan fingerprint density at radius 3 is 2.39 bits per heavy atom. The van der Waals surface area contributed by atoms with Crippen LogP contribution >= 0.6 is 0 Å². The van der Waals surface area contributed by atoms with Crippen molar-refractivity contribution in [2.45, 2.75) is 31.6 Å². The molecule has 0 saturated carbocycles. The topological polar surface area (TPSA) is 58.6 Å². The molecule has 3 rings (SSSR count). The molecule has 2 aromatic rings. The van der Waals surface area contributed by atoms with E-state index in [2.05, 4.69) is 5.32 Å². The lowest BCUT2D eigenvalue weighted by Gasteiger charge is -2.27. The zero-order valence-corrected chi connectivity index (χ0v) is 13.0. The highest BCUT2D eigenvalue weighted by atomic mass is 16.5. The highest BCUT2D eigenvalue weighted by Gasteiger charge is 2.44.